The highest BCUT2D eigenvalue weighted by Gasteiger charge is 2.32. The number of carboxylic acids is 1. The summed E-state index contributed by atoms with van der Waals surface area (Å²) in [4.78, 5) is 25.0. The molecule has 0 atom stereocenters. The Balaban J connectivity index is 2.06. The second-order valence-corrected chi connectivity index (χ2v) is 7.97. The molecule has 1 aliphatic heterocycles. The third-order valence-electron chi connectivity index (χ3n) is 4.16. The van der Waals surface area contributed by atoms with Gasteiger partial charge in [-0.1, -0.05) is 56.2 Å². The average Bonchev–Trinajstić information content (AvgIpc) is 2.93. The molecule has 28 heavy (non-hydrogen) atoms. The molecule has 1 heterocycles. The lowest BCUT2D eigenvalue weighted by atomic mass is 10.1. The number of benzene rings is 1. The number of carboxylic acid groups (broad SMARTS) is 1. The molecule has 0 unspecified atom stereocenters. The number of unbranched alkanes of at least 4 members (excludes halogenated alkanes) is 3. The Labute approximate surface area is 174 Å². The van der Waals surface area contributed by atoms with Crippen molar-refractivity contribution >= 4 is 46.3 Å². The Kier molecular flexibility index (Phi) is 8.79. The summed E-state index contributed by atoms with van der Waals surface area (Å²) < 4.78 is 11.6. The monoisotopic (exact) mass is 423 g/mol. The molecule has 0 bridgehead atoms. The molecule has 1 N–H and O–H groups in total. The summed E-state index contributed by atoms with van der Waals surface area (Å²) in [6, 6.07) is 5.49. The van der Waals surface area contributed by atoms with Crippen molar-refractivity contribution in [1.82, 2.24) is 4.90 Å². The molecule has 1 saturated heterocycles. The van der Waals surface area contributed by atoms with Gasteiger partial charge in [-0.15, -0.1) is 0 Å². The van der Waals surface area contributed by atoms with Crippen molar-refractivity contribution in [2.24, 2.45) is 0 Å². The van der Waals surface area contributed by atoms with E-state index in [4.69, 9.17) is 26.8 Å². The molecule has 1 aromatic rings. The van der Waals surface area contributed by atoms with E-state index in [1.807, 2.05) is 18.2 Å². The number of carbonyl (C=O) groups is 2. The molecule has 0 aromatic heterocycles. The molecular weight excluding hydrogens is 398 g/mol. The van der Waals surface area contributed by atoms with Crippen LogP contribution in [-0.4, -0.2) is 46.5 Å². The van der Waals surface area contributed by atoms with Gasteiger partial charge in [-0.3, -0.25) is 14.5 Å². The zero-order valence-electron chi connectivity index (χ0n) is 16.1. The number of methoxy groups -OCH3 is 1. The van der Waals surface area contributed by atoms with Crippen molar-refractivity contribution in [3.8, 4) is 11.5 Å². The Hall–Kier alpha value is -2.06. The largest absolute Gasteiger partial charge is 0.493 e. The summed E-state index contributed by atoms with van der Waals surface area (Å²) in [6.45, 7) is 2.88. The van der Waals surface area contributed by atoms with Gasteiger partial charge in [-0.25, -0.2) is 0 Å². The molecule has 0 saturated carbocycles. The van der Waals surface area contributed by atoms with E-state index in [0.29, 0.717) is 27.3 Å². The molecule has 152 valence electrons. The van der Waals surface area contributed by atoms with Gasteiger partial charge in [0.05, 0.1) is 25.0 Å². The van der Waals surface area contributed by atoms with Gasteiger partial charge in [-0.05, 0) is 30.2 Å². The Morgan fingerprint density at radius 2 is 2.07 bits per heavy atom. The first kappa shape index (κ1) is 22.2. The first-order chi connectivity index (χ1) is 13.5. The van der Waals surface area contributed by atoms with Gasteiger partial charge in [0.2, 0.25) is 0 Å². The number of carbonyl (C=O) groups excluding carboxylic acids is 1. The van der Waals surface area contributed by atoms with Crippen LogP contribution in [-0.2, 0) is 9.59 Å². The predicted molar refractivity (Wildman–Crippen MR) is 115 cm³/mol. The fourth-order valence-corrected chi connectivity index (χ4v) is 3.96. The van der Waals surface area contributed by atoms with E-state index in [-0.39, 0.29) is 18.9 Å². The van der Waals surface area contributed by atoms with Gasteiger partial charge in [-0.2, -0.15) is 0 Å². The smallest absolute Gasteiger partial charge is 0.305 e. The number of nitrogens with zero attached hydrogens (tertiary/aromatic N) is 1. The van der Waals surface area contributed by atoms with E-state index in [1.54, 1.807) is 13.2 Å². The van der Waals surface area contributed by atoms with Crippen molar-refractivity contribution in [2.75, 3.05) is 20.3 Å². The van der Waals surface area contributed by atoms with Crippen molar-refractivity contribution in [3.05, 3.63) is 28.7 Å². The number of rotatable bonds is 11. The molecule has 2 rings (SSSR count). The lowest BCUT2D eigenvalue weighted by Gasteiger charge is -2.12. The lowest BCUT2D eigenvalue weighted by molar-refractivity contribution is -0.137. The highest BCUT2D eigenvalue weighted by Crippen LogP contribution is 2.34. The molecular formula is C20H25NO5S2. The number of amides is 1. The van der Waals surface area contributed by atoms with E-state index in [2.05, 4.69) is 6.92 Å². The van der Waals surface area contributed by atoms with E-state index in [1.165, 1.54) is 29.5 Å². The first-order valence-electron chi connectivity index (χ1n) is 9.24. The SMILES string of the molecule is CCCCCCOc1ccc(/C=C2\SC(=S)N(CCC(=O)O)C2=O)cc1OC. The van der Waals surface area contributed by atoms with Gasteiger partial charge >= 0.3 is 5.97 Å². The first-order valence-corrected chi connectivity index (χ1v) is 10.5. The van der Waals surface area contributed by atoms with Crippen LogP contribution in [0, 0.1) is 0 Å². The molecule has 1 fully saturated rings. The van der Waals surface area contributed by atoms with Gasteiger partial charge in [0.1, 0.15) is 4.32 Å². The number of thiocarbonyl (C=S) groups is 1. The van der Waals surface area contributed by atoms with Crippen LogP contribution in [0.4, 0.5) is 0 Å². The van der Waals surface area contributed by atoms with E-state index in [9.17, 15) is 9.59 Å². The standard InChI is InChI=1S/C20H25NO5S2/c1-3-4-5-6-11-26-15-8-7-14(12-16(15)25-2)13-17-19(24)21(20(27)28-17)10-9-18(22)23/h7-8,12-13H,3-6,9-11H2,1-2H3,(H,22,23)/b17-13-. The summed E-state index contributed by atoms with van der Waals surface area (Å²) in [6.07, 6.45) is 6.11. The quantitative estimate of drug-likeness (QED) is 0.322. The van der Waals surface area contributed by atoms with Crippen molar-refractivity contribution in [3.63, 3.8) is 0 Å². The van der Waals surface area contributed by atoms with Crippen LogP contribution in [0.2, 0.25) is 0 Å². The second kappa shape index (κ2) is 11.1. The van der Waals surface area contributed by atoms with Crippen LogP contribution in [0.3, 0.4) is 0 Å². The van der Waals surface area contributed by atoms with Crippen LogP contribution >= 0.6 is 24.0 Å². The molecule has 1 aliphatic rings. The molecule has 0 radical (unpaired) electrons. The van der Waals surface area contributed by atoms with Gasteiger partial charge in [0.25, 0.3) is 5.91 Å². The van der Waals surface area contributed by atoms with Crippen LogP contribution < -0.4 is 9.47 Å². The van der Waals surface area contributed by atoms with E-state index >= 15 is 0 Å². The van der Waals surface area contributed by atoms with Gasteiger partial charge in [0.15, 0.2) is 11.5 Å². The second-order valence-electron chi connectivity index (χ2n) is 6.30. The van der Waals surface area contributed by atoms with Crippen LogP contribution in [0.15, 0.2) is 23.1 Å². The number of hydrogen-bond donors (Lipinski definition) is 1. The van der Waals surface area contributed by atoms with Crippen LogP contribution in [0.1, 0.15) is 44.6 Å². The third-order valence-corrected chi connectivity index (χ3v) is 5.54. The molecule has 1 aromatic carbocycles. The summed E-state index contributed by atoms with van der Waals surface area (Å²) >= 11 is 6.37. The average molecular weight is 424 g/mol. The minimum Gasteiger partial charge on any atom is -0.493 e. The zero-order valence-corrected chi connectivity index (χ0v) is 17.7. The molecule has 8 heteroatoms. The van der Waals surface area contributed by atoms with Gasteiger partial charge in [0, 0.05) is 6.54 Å². The fraction of sp³-hybridized carbons (Fsp3) is 0.450. The Bertz CT molecular complexity index is 763. The topological polar surface area (TPSA) is 76.1 Å². The van der Waals surface area contributed by atoms with Crippen LogP contribution in [0.25, 0.3) is 6.08 Å². The highest BCUT2D eigenvalue weighted by atomic mass is 32.2. The van der Waals surface area contributed by atoms with E-state index in [0.717, 1.165) is 18.4 Å². The van der Waals surface area contributed by atoms with Gasteiger partial charge < -0.3 is 14.6 Å². The maximum Gasteiger partial charge on any atom is 0.305 e. The number of thioether (sulfide) groups is 1. The number of hydrogen-bond acceptors (Lipinski definition) is 6. The van der Waals surface area contributed by atoms with E-state index < -0.39 is 5.97 Å². The Morgan fingerprint density at radius 1 is 1.29 bits per heavy atom. The molecule has 1 amide bonds. The lowest BCUT2D eigenvalue weighted by Crippen LogP contribution is -2.30. The predicted octanol–water partition coefficient (Wildman–Crippen LogP) is 4.33. The van der Waals surface area contributed by atoms with Crippen molar-refractivity contribution in [1.29, 1.82) is 0 Å². The maximum absolute atomic E-state index is 12.5. The molecule has 6 nitrogen and oxygen atoms in total. The fourth-order valence-electron chi connectivity index (χ4n) is 2.66. The Morgan fingerprint density at radius 3 is 2.75 bits per heavy atom. The molecule has 0 aliphatic carbocycles. The minimum absolute atomic E-state index is 0.0749. The zero-order chi connectivity index (χ0) is 20.5. The number of aliphatic carboxylic acids is 1. The normalized spacial score (nSPS) is 15.4. The summed E-state index contributed by atoms with van der Waals surface area (Å²) in [5.41, 5.74) is 0.786. The molecule has 0 spiro atoms. The minimum atomic E-state index is -0.965. The number of ether oxygens (including phenoxy) is 2. The highest BCUT2D eigenvalue weighted by molar-refractivity contribution is 8.26. The van der Waals surface area contributed by atoms with Crippen LogP contribution in [0.5, 0.6) is 11.5 Å². The van der Waals surface area contributed by atoms with Crippen molar-refractivity contribution in [2.45, 2.75) is 39.0 Å². The third kappa shape index (κ3) is 6.24. The summed E-state index contributed by atoms with van der Waals surface area (Å²) in [5.74, 6) is 0.0373. The summed E-state index contributed by atoms with van der Waals surface area (Å²) in [7, 11) is 1.58. The maximum atomic E-state index is 12.5. The van der Waals surface area contributed by atoms with Crippen molar-refractivity contribution < 1.29 is 24.2 Å². The summed E-state index contributed by atoms with van der Waals surface area (Å²) in [5, 5.41) is 8.81.